The van der Waals surface area contributed by atoms with E-state index in [2.05, 4.69) is 36.3 Å². The molecule has 0 N–H and O–H groups in total. The number of rotatable bonds is 3. The second-order valence-corrected chi connectivity index (χ2v) is 6.11. The van der Waals surface area contributed by atoms with Crippen LogP contribution in [0.2, 0.25) is 0 Å². The molecule has 4 rings (SSSR count). The van der Waals surface area contributed by atoms with Gasteiger partial charge in [-0.3, -0.25) is 4.79 Å². The average Bonchev–Trinajstić information content (AvgIpc) is 3.11. The van der Waals surface area contributed by atoms with E-state index in [4.69, 9.17) is 0 Å². The predicted octanol–water partition coefficient (Wildman–Crippen LogP) is 2.49. The third kappa shape index (κ3) is 2.50. The van der Waals surface area contributed by atoms with Crippen molar-refractivity contribution in [2.75, 3.05) is 0 Å². The van der Waals surface area contributed by atoms with Crippen LogP contribution in [0.25, 0.3) is 16.7 Å². The van der Waals surface area contributed by atoms with E-state index in [0.29, 0.717) is 17.9 Å². The van der Waals surface area contributed by atoms with Gasteiger partial charge in [0.15, 0.2) is 11.4 Å². The molecule has 0 saturated heterocycles. The van der Waals surface area contributed by atoms with Gasteiger partial charge in [-0.15, -0.1) is 5.10 Å². The van der Waals surface area contributed by atoms with Crippen LogP contribution < -0.4 is 0 Å². The molecule has 0 spiro atoms. The first-order valence-corrected chi connectivity index (χ1v) is 7.74. The monoisotopic (exact) mass is 370 g/mol. The third-order valence-electron chi connectivity index (χ3n) is 3.52. The minimum Gasteiger partial charge on any atom is -0.293 e. The Labute approximate surface area is 139 Å². The van der Waals surface area contributed by atoms with Crippen molar-refractivity contribution in [3.8, 4) is 0 Å². The fraction of sp³-hybridized carbons (Fsp3) is 0.133. The highest BCUT2D eigenvalue weighted by molar-refractivity contribution is 9.10. The molecule has 0 aliphatic heterocycles. The van der Waals surface area contributed by atoms with Crippen LogP contribution in [-0.4, -0.2) is 35.4 Å². The zero-order chi connectivity index (χ0) is 16.0. The first-order chi connectivity index (χ1) is 11.1. The van der Waals surface area contributed by atoms with Gasteiger partial charge in [-0.05, 0) is 30.3 Å². The summed E-state index contributed by atoms with van der Waals surface area (Å²) in [6.45, 7) is 1.97. The highest BCUT2D eigenvalue weighted by atomic mass is 79.9. The van der Waals surface area contributed by atoms with Crippen molar-refractivity contribution in [1.82, 2.24) is 29.6 Å². The van der Waals surface area contributed by atoms with Crippen LogP contribution in [0.5, 0.6) is 0 Å². The summed E-state index contributed by atoms with van der Waals surface area (Å²) in [6.07, 6.45) is 1.64. The first-order valence-electron chi connectivity index (χ1n) is 6.95. The molecule has 4 aromatic rings. The lowest BCUT2D eigenvalue weighted by Crippen LogP contribution is -2.06. The van der Waals surface area contributed by atoms with E-state index < -0.39 is 0 Å². The number of aromatic nitrogens is 6. The molecule has 0 radical (unpaired) electrons. The van der Waals surface area contributed by atoms with Gasteiger partial charge in [0.25, 0.3) is 0 Å². The molecule has 0 amide bonds. The summed E-state index contributed by atoms with van der Waals surface area (Å²) in [6, 6.07) is 9.52. The highest BCUT2D eigenvalue weighted by Gasteiger charge is 2.10. The SMILES string of the molecule is CC(=O)c1cn2nc(Cn3nnc4ccc(Br)cc43)ccc2n1. The fourth-order valence-corrected chi connectivity index (χ4v) is 2.73. The maximum absolute atomic E-state index is 11.4. The van der Waals surface area contributed by atoms with E-state index in [1.807, 2.05) is 30.3 Å². The van der Waals surface area contributed by atoms with Gasteiger partial charge in [-0.2, -0.15) is 5.10 Å². The van der Waals surface area contributed by atoms with Gasteiger partial charge in [0, 0.05) is 11.4 Å². The first kappa shape index (κ1) is 14.0. The average molecular weight is 371 g/mol. The fourth-order valence-electron chi connectivity index (χ4n) is 2.38. The number of hydrogen-bond acceptors (Lipinski definition) is 5. The molecule has 1 aromatic carbocycles. The zero-order valence-corrected chi connectivity index (χ0v) is 13.7. The van der Waals surface area contributed by atoms with Crippen molar-refractivity contribution >= 4 is 38.4 Å². The number of carbonyl (C=O) groups excluding carboxylic acids is 1. The molecular formula is C15H11BrN6O. The number of ketones is 1. The van der Waals surface area contributed by atoms with Gasteiger partial charge in [0.1, 0.15) is 11.2 Å². The Morgan fingerprint density at radius 3 is 2.96 bits per heavy atom. The van der Waals surface area contributed by atoms with E-state index in [9.17, 15) is 4.79 Å². The smallest absolute Gasteiger partial charge is 0.179 e. The molecule has 23 heavy (non-hydrogen) atoms. The van der Waals surface area contributed by atoms with Crippen molar-refractivity contribution in [3.63, 3.8) is 0 Å². The molecule has 0 atom stereocenters. The molecule has 114 valence electrons. The number of halogens is 1. The molecule has 3 aromatic heterocycles. The van der Waals surface area contributed by atoms with Crippen LogP contribution in [0.3, 0.4) is 0 Å². The molecule has 3 heterocycles. The summed E-state index contributed by atoms with van der Waals surface area (Å²) in [5.74, 6) is -0.0795. The van der Waals surface area contributed by atoms with Crippen molar-refractivity contribution < 1.29 is 4.79 Å². The van der Waals surface area contributed by atoms with Gasteiger partial charge >= 0.3 is 0 Å². The number of imidazole rings is 1. The minimum absolute atomic E-state index is 0.0795. The standard InChI is InChI=1S/C15H11BrN6O/c1-9(23)13-8-22-15(17-13)5-3-11(19-22)7-21-14-6-10(16)2-4-12(14)18-20-21/h2-6,8H,7H2,1H3. The summed E-state index contributed by atoms with van der Waals surface area (Å²) in [5.41, 5.74) is 3.61. The van der Waals surface area contributed by atoms with E-state index >= 15 is 0 Å². The quantitative estimate of drug-likeness (QED) is 0.517. The Kier molecular flexibility index (Phi) is 3.19. The van der Waals surface area contributed by atoms with Crippen LogP contribution in [0, 0.1) is 0 Å². The zero-order valence-electron chi connectivity index (χ0n) is 12.1. The summed E-state index contributed by atoms with van der Waals surface area (Å²) >= 11 is 3.46. The van der Waals surface area contributed by atoms with Gasteiger partial charge < -0.3 is 0 Å². The molecule has 0 unspecified atom stereocenters. The van der Waals surface area contributed by atoms with Gasteiger partial charge in [0.2, 0.25) is 0 Å². The van der Waals surface area contributed by atoms with Gasteiger partial charge in [-0.1, -0.05) is 21.1 Å². The van der Waals surface area contributed by atoms with Crippen LogP contribution in [0.1, 0.15) is 23.1 Å². The maximum Gasteiger partial charge on any atom is 0.179 e. The Morgan fingerprint density at radius 1 is 1.26 bits per heavy atom. The second kappa shape index (κ2) is 5.24. The topological polar surface area (TPSA) is 78.0 Å². The normalized spacial score (nSPS) is 11.4. The van der Waals surface area contributed by atoms with E-state index in [-0.39, 0.29) is 5.78 Å². The molecule has 0 aliphatic carbocycles. The Bertz CT molecular complexity index is 1050. The second-order valence-electron chi connectivity index (χ2n) is 5.19. The minimum atomic E-state index is -0.0795. The summed E-state index contributed by atoms with van der Waals surface area (Å²) in [5, 5.41) is 12.8. The van der Waals surface area contributed by atoms with E-state index in [1.54, 1.807) is 15.4 Å². The lowest BCUT2D eigenvalue weighted by atomic mass is 10.3. The molecule has 0 saturated carbocycles. The highest BCUT2D eigenvalue weighted by Crippen LogP contribution is 2.18. The lowest BCUT2D eigenvalue weighted by molar-refractivity contribution is 0.101. The van der Waals surface area contributed by atoms with Crippen LogP contribution in [0.4, 0.5) is 0 Å². The number of benzene rings is 1. The predicted molar refractivity (Wildman–Crippen MR) is 87.3 cm³/mol. The van der Waals surface area contributed by atoms with E-state index in [0.717, 1.165) is 21.2 Å². The number of fused-ring (bicyclic) bond motifs is 2. The van der Waals surface area contributed by atoms with E-state index in [1.165, 1.54) is 6.92 Å². The number of Topliss-reactive ketones (excluding diaryl/α,β-unsaturated/α-hetero) is 1. The van der Waals surface area contributed by atoms with Crippen molar-refractivity contribution in [2.45, 2.75) is 13.5 Å². The molecule has 7 nitrogen and oxygen atoms in total. The van der Waals surface area contributed by atoms with Crippen LogP contribution in [-0.2, 0) is 6.54 Å². The molecule has 0 bridgehead atoms. The number of nitrogens with zero attached hydrogens (tertiary/aromatic N) is 6. The number of carbonyl (C=O) groups is 1. The summed E-state index contributed by atoms with van der Waals surface area (Å²) < 4.78 is 4.37. The largest absolute Gasteiger partial charge is 0.293 e. The van der Waals surface area contributed by atoms with Crippen molar-refractivity contribution in [1.29, 1.82) is 0 Å². The van der Waals surface area contributed by atoms with Crippen molar-refractivity contribution in [2.24, 2.45) is 0 Å². The molecule has 0 aliphatic rings. The molecular weight excluding hydrogens is 360 g/mol. The Balaban J connectivity index is 1.73. The van der Waals surface area contributed by atoms with Crippen molar-refractivity contribution in [3.05, 3.63) is 52.4 Å². The Morgan fingerprint density at radius 2 is 2.13 bits per heavy atom. The summed E-state index contributed by atoms with van der Waals surface area (Å²) in [4.78, 5) is 15.6. The Hall–Kier alpha value is -2.61. The van der Waals surface area contributed by atoms with Crippen LogP contribution in [0.15, 0.2) is 41.0 Å². The summed E-state index contributed by atoms with van der Waals surface area (Å²) in [7, 11) is 0. The maximum atomic E-state index is 11.4. The molecule has 8 heteroatoms. The number of hydrogen-bond donors (Lipinski definition) is 0. The van der Waals surface area contributed by atoms with Gasteiger partial charge in [-0.25, -0.2) is 14.2 Å². The van der Waals surface area contributed by atoms with Gasteiger partial charge in [0.05, 0.1) is 24.0 Å². The molecule has 0 fully saturated rings. The lowest BCUT2D eigenvalue weighted by Gasteiger charge is -2.03. The van der Waals surface area contributed by atoms with Crippen LogP contribution >= 0.6 is 15.9 Å². The third-order valence-corrected chi connectivity index (χ3v) is 4.02.